The van der Waals surface area contributed by atoms with Gasteiger partial charge in [0.25, 0.3) is 0 Å². The van der Waals surface area contributed by atoms with E-state index in [1.54, 1.807) is 18.2 Å². The lowest BCUT2D eigenvalue weighted by Crippen LogP contribution is -2.28. The molecule has 0 fully saturated rings. The first-order valence-corrected chi connectivity index (χ1v) is 11.2. The van der Waals surface area contributed by atoms with Crippen LogP contribution in [0, 0.1) is 13.8 Å². The summed E-state index contributed by atoms with van der Waals surface area (Å²) in [5, 5.41) is 3.65. The molecule has 0 aliphatic rings. The van der Waals surface area contributed by atoms with E-state index in [2.05, 4.69) is 10.3 Å². The van der Waals surface area contributed by atoms with Crippen LogP contribution >= 0.6 is 11.3 Å². The minimum absolute atomic E-state index is 0.0789. The van der Waals surface area contributed by atoms with Crippen molar-refractivity contribution in [3.63, 3.8) is 0 Å². The molecular weight excluding hydrogens is 380 g/mol. The van der Waals surface area contributed by atoms with E-state index in [1.165, 1.54) is 11.3 Å². The molecular formula is C20H22N2O3S2. The number of nitrogens with one attached hydrogen (secondary N) is 1. The summed E-state index contributed by atoms with van der Waals surface area (Å²) < 4.78 is 26.0. The Morgan fingerprint density at radius 2 is 1.89 bits per heavy atom. The number of amides is 1. The summed E-state index contributed by atoms with van der Waals surface area (Å²) in [6, 6.07) is 12.6. The first kappa shape index (κ1) is 19.5. The van der Waals surface area contributed by atoms with Crippen LogP contribution in [-0.2, 0) is 14.6 Å². The molecule has 0 unspecified atom stereocenters. The predicted octanol–water partition coefficient (Wildman–Crippen LogP) is 3.95. The fourth-order valence-electron chi connectivity index (χ4n) is 2.70. The third kappa shape index (κ3) is 4.54. The summed E-state index contributed by atoms with van der Waals surface area (Å²) in [4.78, 5) is 17.0. The number of hydrogen-bond acceptors (Lipinski definition) is 5. The van der Waals surface area contributed by atoms with Gasteiger partial charge in [-0.15, -0.1) is 11.3 Å². The Kier molecular flexibility index (Phi) is 5.62. The van der Waals surface area contributed by atoms with Crippen LogP contribution in [0.1, 0.15) is 35.5 Å². The van der Waals surface area contributed by atoms with Gasteiger partial charge >= 0.3 is 0 Å². The molecule has 5 nitrogen and oxygen atoms in total. The topological polar surface area (TPSA) is 76.1 Å². The van der Waals surface area contributed by atoms with Crippen LogP contribution in [0.25, 0.3) is 10.2 Å². The Morgan fingerprint density at radius 1 is 1.15 bits per heavy atom. The lowest BCUT2D eigenvalue weighted by molar-refractivity contribution is -0.121. The SMILES string of the molecule is Cc1ccc(S(=O)(=O)CCC(=O)N[C@@H](C)c2nc3ccccc3s2)cc1C. The van der Waals surface area contributed by atoms with Crippen molar-refractivity contribution in [2.75, 3.05) is 5.75 Å². The highest BCUT2D eigenvalue weighted by atomic mass is 32.2. The molecule has 1 aromatic heterocycles. The van der Waals surface area contributed by atoms with E-state index >= 15 is 0 Å². The first-order chi connectivity index (χ1) is 12.8. The molecule has 1 atom stereocenters. The zero-order valence-corrected chi connectivity index (χ0v) is 17.2. The van der Waals surface area contributed by atoms with Crippen LogP contribution in [0.15, 0.2) is 47.4 Å². The van der Waals surface area contributed by atoms with E-state index in [0.717, 1.165) is 26.4 Å². The van der Waals surface area contributed by atoms with Gasteiger partial charge in [-0.2, -0.15) is 0 Å². The fraction of sp³-hybridized carbons (Fsp3) is 0.300. The van der Waals surface area contributed by atoms with E-state index in [4.69, 9.17) is 0 Å². The maximum atomic E-state index is 12.5. The number of benzene rings is 2. The van der Waals surface area contributed by atoms with E-state index in [1.807, 2.05) is 45.0 Å². The molecule has 0 bridgehead atoms. The minimum Gasteiger partial charge on any atom is -0.347 e. The maximum absolute atomic E-state index is 12.5. The van der Waals surface area contributed by atoms with Crippen molar-refractivity contribution in [1.82, 2.24) is 10.3 Å². The van der Waals surface area contributed by atoms with Gasteiger partial charge < -0.3 is 5.32 Å². The Labute approximate surface area is 163 Å². The van der Waals surface area contributed by atoms with Gasteiger partial charge in [0, 0.05) is 6.42 Å². The molecule has 0 radical (unpaired) electrons. The molecule has 0 saturated carbocycles. The summed E-state index contributed by atoms with van der Waals surface area (Å²) in [6.45, 7) is 5.66. The van der Waals surface area contributed by atoms with E-state index < -0.39 is 9.84 Å². The second-order valence-electron chi connectivity index (χ2n) is 6.62. The van der Waals surface area contributed by atoms with Crippen LogP contribution in [0.2, 0.25) is 0 Å². The normalized spacial score (nSPS) is 12.9. The van der Waals surface area contributed by atoms with E-state index in [9.17, 15) is 13.2 Å². The molecule has 0 aliphatic carbocycles. The lowest BCUT2D eigenvalue weighted by atomic mass is 10.1. The summed E-state index contributed by atoms with van der Waals surface area (Å²) >= 11 is 1.53. The Hall–Kier alpha value is -2.25. The Bertz CT molecular complexity index is 1050. The Balaban J connectivity index is 1.62. The number of sulfone groups is 1. The number of thiazole rings is 1. The van der Waals surface area contributed by atoms with Gasteiger partial charge in [-0.3, -0.25) is 4.79 Å². The first-order valence-electron chi connectivity index (χ1n) is 8.71. The molecule has 0 saturated heterocycles. The van der Waals surface area contributed by atoms with Gasteiger partial charge in [0.15, 0.2) is 9.84 Å². The van der Waals surface area contributed by atoms with Crippen molar-refractivity contribution < 1.29 is 13.2 Å². The molecule has 1 heterocycles. The average molecular weight is 403 g/mol. The summed E-state index contributed by atoms with van der Waals surface area (Å²) in [5.41, 5.74) is 2.86. The zero-order valence-electron chi connectivity index (χ0n) is 15.5. The van der Waals surface area contributed by atoms with Gasteiger partial charge in [-0.1, -0.05) is 18.2 Å². The minimum atomic E-state index is -3.49. The molecule has 0 spiro atoms. The molecule has 3 aromatic rings. The van der Waals surface area contributed by atoms with Crippen LogP contribution in [0.3, 0.4) is 0 Å². The summed E-state index contributed by atoms with van der Waals surface area (Å²) in [5.74, 6) is -0.511. The number of aryl methyl sites for hydroxylation is 2. The third-order valence-corrected chi connectivity index (χ3v) is 7.43. The lowest BCUT2D eigenvalue weighted by Gasteiger charge is -2.11. The van der Waals surface area contributed by atoms with Crippen LogP contribution in [-0.4, -0.2) is 25.1 Å². The average Bonchev–Trinajstić information content (AvgIpc) is 3.06. The smallest absolute Gasteiger partial charge is 0.221 e. The third-order valence-electron chi connectivity index (χ3n) is 4.49. The molecule has 27 heavy (non-hydrogen) atoms. The molecule has 0 aliphatic heterocycles. The number of aromatic nitrogens is 1. The molecule has 1 N–H and O–H groups in total. The molecule has 2 aromatic carbocycles. The van der Waals surface area contributed by atoms with E-state index in [-0.39, 0.29) is 29.0 Å². The van der Waals surface area contributed by atoms with Crippen molar-refractivity contribution in [2.45, 2.75) is 38.1 Å². The van der Waals surface area contributed by atoms with Gasteiger partial charge in [-0.25, -0.2) is 13.4 Å². The van der Waals surface area contributed by atoms with Crippen molar-refractivity contribution in [3.05, 3.63) is 58.6 Å². The monoisotopic (exact) mass is 402 g/mol. The fourth-order valence-corrected chi connectivity index (χ4v) is 4.99. The number of rotatable bonds is 6. The van der Waals surface area contributed by atoms with Crippen LogP contribution < -0.4 is 5.32 Å². The standard InChI is InChI=1S/C20H22N2O3S2/c1-13-8-9-16(12-14(13)2)27(24,25)11-10-19(23)21-15(3)20-22-17-6-4-5-7-18(17)26-20/h4-9,12,15H,10-11H2,1-3H3,(H,21,23)/t15-/m0/s1. The van der Waals surface area contributed by atoms with Gasteiger partial charge in [0.1, 0.15) is 5.01 Å². The highest BCUT2D eigenvalue weighted by Gasteiger charge is 2.19. The van der Waals surface area contributed by atoms with Gasteiger partial charge in [-0.05, 0) is 56.2 Å². The largest absolute Gasteiger partial charge is 0.347 e. The predicted molar refractivity (Wildman–Crippen MR) is 109 cm³/mol. The number of para-hydroxylation sites is 1. The maximum Gasteiger partial charge on any atom is 0.221 e. The second-order valence-corrected chi connectivity index (χ2v) is 9.80. The number of carbonyl (C=O) groups is 1. The number of nitrogens with zero attached hydrogens (tertiary/aromatic N) is 1. The number of hydrogen-bond donors (Lipinski definition) is 1. The highest BCUT2D eigenvalue weighted by Crippen LogP contribution is 2.26. The van der Waals surface area contributed by atoms with Crippen molar-refractivity contribution in [1.29, 1.82) is 0 Å². The number of fused-ring (bicyclic) bond motifs is 1. The van der Waals surface area contributed by atoms with Crippen molar-refractivity contribution >= 4 is 37.3 Å². The van der Waals surface area contributed by atoms with Crippen molar-refractivity contribution in [3.8, 4) is 0 Å². The van der Waals surface area contributed by atoms with Crippen molar-refractivity contribution in [2.24, 2.45) is 0 Å². The van der Waals surface area contributed by atoms with Crippen LogP contribution in [0.5, 0.6) is 0 Å². The molecule has 3 rings (SSSR count). The highest BCUT2D eigenvalue weighted by molar-refractivity contribution is 7.91. The second kappa shape index (κ2) is 7.78. The zero-order chi connectivity index (χ0) is 19.6. The Morgan fingerprint density at radius 3 is 2.59 bits per heavy atom. The number of carbonyl (C=O) groups excluding carboxylic acids is 1. The molecule has 7 heteroatoms. The molecule has 142 valence electrons. The summed E-state index contributed by atoms with van der Waals surface area (Å²) in [7, 11) is -3.49. The van der Waals surface area contributed by atoms with E-state index in [0.29, 0.717) is 0 Å². The van der Waals surface area contributed by atoms with Gasteiger partial charge in [0.2, 0.25) is 5.91 Å². The molecule has 1 amide bonds. The quantitative estimate of drug-likeness (QED) is 0.677. The van der Waals surface area contributed by atoms with Gasteiger partial charge in [0.05, 0.1) is 26.9 Å². The summed E-state index contributed by atoms with van der Waals surface area (Å²) in [6.07, 6.45) is -0.0789. The van der Waals surface area contributed by atoms with Crippen LogP contribution in [0.4, 0.5) is 0 Å².